The molecule has 96 valence electrons. The fraction of sp³-hybridized carbons (Fsp3) is 0.400. The third-order valence-electron chi connectivity index (χ3n) is 3.59. The molecule has 0 bridgehead atoms. The Morgan fingerprint density at radius 3 is 2.72 bits per heavy atom. The third kappa shape index (κ3) is 2.26. The molecule has 0 atom stereocenters. The van der Waals surface area contributed by atoms with Gasteiger partial charge in [-0.3, -0.25) is 4.79 Å². The van der Waals surface area contributed by atoms with Gasteiger partial charge in [-0.15, -0.1) is 0 Å². The average Bonchev–Trinajstić information content (AvgIpc) is 2.36. The average molecular weight is 244 g/mol. The standard InChI is InChI=1S/C15H20N2O/c1-4-11-7-13(15(18)17(3)9-11)12-6-5-10(2)14(16)8-12/h7-9H,4-6,16H2,1-3H3. The molecule has 0 unspecified atom stereocenters. The minimum atomic E-state index is 0.0609. The maximum Gasteiger partial charge on any atom is 0.257 e. The summed E-state index contributed by atoms with van der Waals surface area (Å²) in [4.78, 5) is 12.2. The molecule has 0 aromatic carbocycles. The molecule has 0 fully saturated rings. The van der Waals surface area contributed by atoms with Gasteiger partial charge in [0.05, 0.1) is 0 Å². The minimum Gasteiger partial charge on any atom is -0.399 e. The van der Waals surface area contributed by atoms with Crippen molar-refractivity contribution < 1.29 is 0 Å². The van der Waals surface area contributed by atoms with Crippen LogP contribution in [0.3, 0.4) is 0 Å². The molecule has 0 aliphatic heterocycles. The van der Waals surface area contributed by atoms with Gasteiger partial charge in [-0.1, -0.05) is 12.5 Å². The van der Waals surface area contributed by atoms with Crippen molar-refractivity contribution in [1.82, 2.24) is 4.57 Å². The highest BCUT2D eigenvalue weighted by molar-refractivity contribution is 5.69. The molecule has 3 heteroatoms. The molecule has 1 aliphatic carbocycles. The lowest BCUT2D eigenvalue weighted by Gasteiger charge is -2.16. The van der Waals surface area contributed by atoms with E-state index in [9.17, 15) is 4.79 Å². The lowest BCUT2D eigenvalue weighted by molar-refractivity contribution is 0.832. The summed E-state index contributed by atoms with van der Waals surface area (Å²) < 4.78 is 1.66. The van der Waals surface area contributed by atoms with Crippen molar-refractivity contribution in [3.05, 3.63) is 51.1 Å². The predicted molar refractivity (Wildman–Crippen MR) is 75.2 cm³/mol. The highest BCUT2D eigenvalue weighted by atomic mass is 16.1. The summed E-state index contributed by atoms with van der Waals surface area (Å²) in [5.41, 5.74) is 11.1. The minimum absolute atomic E-state index is 0.0609. The maximum absolute atomic E-state index is 12.2. The van der Waals surface area contributed by atoms with Crippen molar-refractivity contribution in [2.45, 2.75) is 33.1 Å². The lowest BCUT2D eigenvalue weighted by Crippen LogP contribution is -2.21. The van der Waals surface area contributed by atoms with E-state index < -0.39 is 0 Å². The Hall–Kier alpha value is -1.77. The molecule has 1 aromatic rings. The van der Waals surface area contributed by atoms with Gasteiger partial charge in [-0.2, -0.15) is 0 Å². The van der Waals surface area contributed by atoms with Crippen LogP contribution in [-0.4, -0.2) is 4.57 Å². The normalized spacial score (nSPS) is 15.8. The molecule has 2 N–H and O–H groups in total. The number of hydrogen-bond donors (Lipinski definition) is 1. The van der Waals surface area contributed by atoms with E-state index in [0.717, 1.165) is 36.1 Å². The van der Waals surface area contributed by atoms with E-state index in [0.29, 0.717) is 0 Å². The largest absolute Gasteiger partial charge is 0.399 e. The first-order valence-corrected chi connectivity index (χ1v) is 6.38. The number of nitrogens with two attached hydrogens (primary N) is 1. The van der Waals surface area contributed by atoms with Crippen LogP contribution in [0.5, 0.6) is 0 Å². The fourth-order valence-corrected chi connectivity index (χ4v) is 2.27. The van der Waals surface area contributed by atoms with Crippen LogP contribution in [0, 0.1) is 0 Å². The van der Waals surface area contributed by atoms with E-state index in [1.54, 1.807) is 11.6 Å². The molecule has 18 heavy (non-hydrogen) atoms. The number of rotatable bonds is 2. The van der Waals surface area contributed by atoms with Crippen molar-refractivity contribution in [2.75, 3.05) is 0 Å². The van der Waals surface area contributed by atoms with Crippen LogP contribution in [0.1, 0.15) is 37.8 Å². The summed E-state index contributed by atoms with van der Waals surface area (Å²) in [7, 11) is 1.80. The van der Waals surface area contributed by atoms with Crippen LogP contribution in [0.25, 0.3) is 5.57 Å². The molecule has 0 saturated carbocycles. The van der Waals surface area contributed by atoms with Gasteiger partial charge in [-0.25, -0.2) is 0 Å². The second kappa shape index (κ2) is 4.84. The quantitative estimate of drug-likeness (QED) is 0.868. The van der Waals surface area contributed by atoms with Crippen LogP contribution < -0.4 is 11.3 Å². The summed E-state index contributed by atoms with van der Waals surface area (Å²) in [5.74, 6) is 0. The van der Waals surface area contributed by atoms with Crippen LogP contribution in [0.15, 0.2) is 34.4 Å². The topological polar surface area (TPSA) is 48.0 Å². The Kier molecular flexibility index (Phi) is 3.41. The van der Waals surface area contributed by atoms with Crippen LogP contribution in [0.2, 0.25) is 0 Å². The number of nitrogens with zero attached hydrogens (tertiary/aromatic N) is 1. The monoisotopic (exact) mass is 244 g/mol. The summed E-state index contributed by atoms with van der Waals surface area (Å²) in [6.45, 7) is 4.14. The van der Waals surface area contributed by atoms with Gasteiger partial charge < -0.3 is 10.3 Å². The van der Waals surface area contributed by atoms with Crippen LogP contribution in [-0.2, 0) is 13.5 Å². The smallest absolute Gasteiger partial charge is 0.257 e. The van der Waals surface area contributed by atoms with E-state index >= 15 is 0 Å². The Bertz CT molecular complexity index is 591. The van der Waals surface area contributed by atoms with Gasteiger partial charge in [0.15, 0.2) is 0 Å². The van der Waals surface area contributed by atoms with Gasteiger partial charge >= 0.3 is 0 Å². The van der Waals surface area contributed by atoms with E-state index in [1.807, 2.05) is 25.3 Å². The summed E-state index contributed by atoms with van der Waals surface area (Å²) in [6, 6.07) is 2.00. The van der Waals surface area contributed by atoms with Crippen LogP contribution in [0.4, 0.5) is 0 Å². The molecule has 3 nitrogen and oxygen atoms in total. The number of aromatic nitrogens is 1. The molecule has 0 radical (unpaired) electrons. The second-order valence-corrected chi connectivity index (χ2v) is 4.94. The highest BCUT2D eigenvalue weighted by Crippen LogP contribution is 2.27. The number of aryl methyl sites for hydroxylation is 2. The first-order valence-electron chi connectivity index (χ1n) is 6.38. The van der Waals surface area contributed by atoms with Crippen LogP contribution >= 0.6 is 0 Å². The molecule has 1 aromatic heterocycles. The SMILES string of the molecule is CCc1cc(C2=CC(N)=C(C)CC2)c(=O)n(C)c1. The van der Waals surface area contributed by atoms with Crippen molar-refractivity contribution in [1.29, 1.82) is 0 Å². The van der Waals surface area contributed by atoms with Crippen molar-refractivity contribution in [2.24, 2.45) is 12.8 Å². The first kappa shape index (κ1) is 12.7. The Balaban J connectivity index is 2.56. The highest BCUT2D eigenvalue weighted by Gasteiger charge is 2.14. The van der Waals surface area contributed by atoms with Gasteiger partial charge in [-0.05, 0) is 49.5 Å². The molecule has 0 spiro atoms. The lowest BCUT2D eigenvalue weighted by atomic mass is 9.92. The summed E-state index contributed by atoms with van der Waals surface area (Å²) in [6.07, 6.45) is 6.62. The molecule has 1 aliphatic rings. The fourth-order valence-electron chi connectivity index (χ4n) is 2.27. The van der Waals surface area contributed by atoms with Gasteiger partial charge in [0.2, 0.25) is 0 Å². The Morgan fingerprint density at radius 1 is 1.39 bits per heavy atom. The molecule has 0 amide bonds. The number of pyridine rings is 1. The van der Waals surface area contributed by atoms with Crippen molar-refractivity contribution in [3.63, 3.8) is 0 Å². The molecular weight excluding hydrogens is 224 g/mol. The van der Waals surface area contributed by atoms with Gasteiger partial charge in [0.1, 0.15) is 0 Å². The second-order valence-electron chi connectivity index (χ2n) is 4.94. The Labute approximate surface area is 108 Å². The third-order valence-corrected chi connectivity index (χ3v) is 3.59. The summed E-state index contributed by atoms with van der Waals surface area (Å²) >= 11 is 0. The van der Waals surface area contributed by atoms with Crippen molar-refractivity contribution >= 4 is 5.57 Å². The maximum atomic E-state index is 12.2. The van der Waals surface area contributed by atoms with Crippen molar-refractivity contribution in [3.8, 4) is 0 Å². The van der Waals surface area contributed by atoms with E-state index in [1.165, 1.54) is 11.1 Å². The van der Waals surface area contributed by atoms with Gasteiger partial charge in [0.25, 0.3) is 5.56 Å². The predicted octanol–water partition coefficient (Wildman–Crippen LogP) is 2.36. The number of allylic oxidation sites excluding steroid dienone is 3. The Morgan fingerprint density at radius 2 is 2.11 bits per heavy atom. The molecule has 1 heterocycles. The van der Waals surface area contributed by atoms with Gasteiger partial charge in [0, 0.05) is 24.5 Å². The van der Waals surface area contributed by atoms with E-state index in [2.05, 4.69) is 6.92 Å². The molecule has 2 rings (SSSR count). The van der Waals surface area contributed by atoms with E-state index in [4.69, 9.17) is 5.73 Å². The zero-order valence-electron chi connectivity index (χ0n) is 11.3. The van der Waals surface area contributed by atoms with E-state index in [-0.39, 0.29) is 5.56 Å². The zero-order valence-corrected chi connectivity index (χ0v) is 11.3. The number of hydrogen-bond acceptors (Lipinski definition) is 2. The summed E-state index contributed by atoms with van der Waals surface area (Å²) in [5, 5.41) is 0. The molecule has 0 saturated heterocycles. The zero-order chi connectivity index (χ0) is 13.3. The molecular formula is C15H20N2O. The first-order chi connectivity index (χ1) is 8.52.